The molecule has 0 saturated carbocycles. The van der Waals surface area contributed by atoms with Crippen molar-refractivity contribution in [3.63, 3.8) is 0 Å². The first-order chi connectivity index (χ1) is 12.6. The molecule has 0 aliphatic rings. The number of nitriles is 1. The highest BCUT2D eigenvalue weighted by Crippen LogP contribution is 2.22. The second kappa shape index (κ2) is 7.76. The first-order valence-electron chi connectivity index (χ1n) is 7.48. The third kappa shape index (κ3) is 4.04. The predicted molar refractivity (Wildman–Crippen MR) is 91.2 cm³/mol. The highest BCUT2D eigenvalue weighted by Gasteiger charge is 2.13. The molecule has 3 heterocycles. The predicted octanol–water partition coefficient (Wildman–Crippen LogP) is 2.64. The van der Waals surface area contributed by atoms with Crippen LogP contribution in [0.4, 0.5) is 0 Å². The summed E-state index contributed by atoms with van der Waals surface area (Å²) in [6, 6.07) is 8.41. The smallest absolute Gasteiger partial charge is 0.316 e. The van der Waals surface area contributed by atoms with E-state index in [2.05, 4.69) is 10.1 Å². The minimum atomic E-state index is -0.510. The molecule has 9 heteroatoms. The second-order valence-electron chi connectivity index (χ2n) is 5.24. The van der Waals surface area contributed by atoms with Crippen LogP contribution in [0.15, 0.2) is 49.3 Å². The lowest BCUT2D eigenvalue weighted by atomic mass is 10.2. The summed E-state index contributed by atoms with van der Waals surface area (Å²) >= 11 is 1.03. The summed E-state index contributed by atoms with van der Waals surface area (Å²) in [7, 11) is 0. The highest BCUT2D eigenvalue weighted by molar-refractivity contribution is 7.99. The van der Waals surface area contributed by atoms with Crippen LogP contribution in [-0.4, -0.2) is 21.9 Å². The fourth-order valence-electron chi connectivity index (χ4n) is 2.15. The van der Waals surface area contributed by atoms with E-state index in [1.54, 1.807) is 25.1 Å². The van der Waals surface area contributed by atoms with E-state index in [9.17, 15) is 9.59 Å². The van der Waals surface area contributed by atoms with Gasteiger partial charge in [-0.25, -0.2) is 0 Å². The molecule has 0 aliphatic carbocycles. The fraction of sp³-hybridized carbons (Fsp3) is 0.176. The number of esters is 1. The van der Waals surface area contributed by atoms with Gasteiger partial charge in [-0.3, -0.25) is 9.59 Å². The minimum absolute atomic E-state index is 0.0565. The zero-order valence-corrected chi connectivity index (χ0v) is 14.5. The Kier molecular flexibility index (Phi) is 5.24. The molecule has 3 aromatic rings. The lowest BCUT2D eigenvalue weighted by molar-refractivity contribution is -0.141. The average molecular weight is 371 g/mol. The van der Waals surface area contributed by atoms with Crippen LogP contribution in [0.5, 0.6) is 0 Å². The lowest BCUT2D eigenvalue weighted by Crippen LogP contribution is -2.11. The summed E-state index contributed by atoms with van der Waals surface area (Å²) in [5.41, 5.74) is 1.00. The van der Waals surface area contributed by atoms with Crippen LogP contribution in [0.2, 0.25) is 0 Å². The molecule has 0 atom stereocenters. The van der Waals surface area contributed by atoms with E-state index in [0.717, 1.165) is 11.8 Å². The molecule has 0 fully saturated rings. The van der Waals surface area contributed by atoms with Crippen molar-refractivity contribution in [1.29, 1.82) is 5.26 Å². The zero-order valence-electron chi connectivity index (χ0n) is 13.6. The van der Waals surface area contributed by atoms with E-state index in [-0.39, 0.29) is 17.9 Å². The fourth-order valence-corrected chi connectivity index (χ4v) is 3.02. The van der Waals surface area contributed by atoms with Crippen LogP contribution in [0.25, 0.3) is 11.5 Å². The topological polar surface area (TPSA) is 122 Å². The van der Waals surface area contributed by atoms with Gasteiger partial charge in [0.05, 0.1) is 22.6 Å². The number of carbonyl (C=O) groups is 1. The molecule has 26 heavy (non-hydrogen) atoms. The number of pyridine rings is 1. The zero-order chi connectivity index (χ0) is 18.5. The third-order valence-electron chi connectivity index (χ3n) is 3.36. The van der Waals surface area contributed by atoms with Crippen LogP contribution >= 0.6 is 11.8 Å². The SMILES string of the molecule is Cc1cc(=O)[nH]c(SCC(=O)OCc2cc(-c3ccco3)on2)c1C#N. The Labute approximate surface area is 151 Å². The quantitative estimate of drug-likeness (QED) is 0.518. The van der Waals surface area contributed by atoms with Gasteiger partial charge in [0.25, 0.3) is 0 Å². The van der Waals surface area contributed by atoms with Gasteiger partial charge in [0, 0.05) is 12.1 Å². The van der Waals surface area contributed by atoms with Crippen LogP contribution in [0, 0.1) is 18.3 Å². The molecular weight excluding hydrogens is 358 g/mol. The molecule has 0 unspecified atom stereocenters. The van der Waals surface area contributed by atoms with Gasteiger partial charge in [-0.15, -0.1) is 0 Å². The number of thioether (sulfide) groups is 1. The molecule has 3 rings (SSSR count). The van der Waals surface area contributed by atoms with Gasteiger partial charge in [-0.2, -0.15) is 5.26 Å². The summed E-state index contributed by atoms with van der Waals surface area (Å²) in [5, 5.41) is 13.3. The Morgan fingerprint density at radius 1 is 1.42 bits per heavy atom. The van der Waals surface area contributed by atoms with Crippen molar-refractivity contribution in [3.05, 3.63) is 57.7 Å². The summed E-state index contributed by atoms with van der Waals surface area (Å²) in [5.74, 6) is 0.394. The molecule has 0 radical (unpaired) electrons. The molecule has 0 spiro atoms. The maximum Gasteiger partial charge on any atom is 0.316 e. The van der Waals surface area contributed by atoms with E-state index >= 15 is 0 Å². The number of furan rings is 1. The van der Waals surface area contributed by atoms with Crippen molar-refractivity contribution in [1.82, 2.24) is 10.1 Å². The van der Waals surface area contributed by atoms with Gasteiger partial charge in [0.15, 0.2) is 5.76 Å². The van der Waals surface area contributed by atoms with Crippen molar-refractivity contribution < 1.29 is 18.5 Å². The summed E-state index contributed by atoms with van der Waals surface area (Å²) in [6.07, 6.45) is 1.51. The first kappa shape index (κ1) is 17.6. The van der Waals surface area contributed by atoms with Crippen molar-refractivity contribution in [3.8, 4) is 17.6 Å². The number of carbonyl (C=O) groups excluding carboxylic acids is 1. The lowest BCUT2D eigenvalue weighted by Gasteiger charge is -2.06. The summed E-state index contributed by atoms with van der Waals surface area (Å²) in [4.78, 5) is 26.0. The number of nitrogens with one attached hydrogen (secondary N) is 1. The molecule has 0 amide bonds. The largest absolute Gasteiger partial charge is 0.461 e. The van der Waals surface area contributed by atoms with Crippen molar-refractivity contribution in [2.75, 3.05) is 5.75 Å². The number of aromatic amines is 1. The van der Waals surface area contributed by atoms with Crippen molar-refractivity contribution in [2.45, 2.75) is 18.6 Å². The second-order valence-corrected chi connectivity index (χ2v) is 6.23. The molecule has 132 valence electrons. The van der Waals surface area contributed by atoms with E-state index in [0.29, 0.717) is 33.4 Å². The maximum atomic E-state index is 11.9. The van der Waals surface area contributed by atoms with Crippen LogP contribution < -0.4 is 5.56 Å². The summed E-state index contributed by atoms with van der Waals surface area (Å²) in [6.45, 7) is 1.61. The van der Waals surface area contributed by atoms with Gasteiger partial charge >= 0.3 is 5.97 Å². The third-order valence-corrected chi connectivity index (χ3v) is 4.33. The molecule has 3 aromatic heterocycles. The molecular formula is C17H13N3O5S. The number of ether oxygens (including phenoxy) is 1. The number of rotatable bonds is 6. The molecule has 1 N–H and O–H groups in total. The van der Waals surface area contributed by atoms with Gasteiger partial charge in [-0.05, 0) is 24.6 Å². The van der Waals surface area contributed by atoms with Crippen LogP contribution in [0.3, 0.4) is 0 Å². The monoisotopic (exact) mass is 371 g/mol. The minimum Gasteiger partial charge on any atom is -0.461 e. The highest BCUT2D eigenvalue weighted by atomic mass is 32.2. The van der Waals surface area contributed by atoms with Gasteiger partial charge in [0.2, 0.25) is 11.3 Å². The first-order valence-corrected chi connectivity index (χ1v) is 8.47. The number of nitrogens with zero attached hydrogens (tertiary/aromatic N) is 2. The van der Waals surface area contributed by atoms with Gasteiger partial charge < -0.3 is 18.7 Å². The van der Waals surface area contributed by atoms with E-state index < -0.39 is 5.97 Å². The molecule has 0 aliphatic heterocycles. The normalized spacial score (nSPS) is 10.5. The average Bonchev–Trinajstić information content (AvgIpc) is 3.28. The number of hydrogen-bond acceptors (Lipinski definition) is 8. The van der Waals surface area contributed by atoms with Crippen molar-refractivity contribution in [2.24, 2.45) is 0 Å². The number of H-pyrrole nitrogens is 1. The molecule has 0 bridgehead atoms. The van der Waals surface area contributed by atoms with E-state index in [1.165, 1.54) is 12.3 Å². The maximum absolute atomic E-state index is 11.9. The van der Waals surface area contributed by atoms with Gasteiger partial charge in [-0.1, -0.05) is 16.9 Å². The Hall–Kier alpha value is -3.25. The van der Waals surface area contributed by atoms with E-state index in [4.69, 9.17) is 18.9 Å². The van der Waals surface area contributed by atoms with Crippen molar-refractivity contribution >= 4 is 17.7 Å². The van der Waals surface area contributed by atoms with Crippen LogP contribution in [-0.2, 0) is 16.1 Å². The standard InChI is InChI=1S/C17H13N3O5S/c1-10-5-15(21)19-17(12(10)7-18)26-9-16(22)24-8-11-6-14(25-20-11)13-3-2-4-23-13/h2-6H,8-9H2,1H3,(H,19,21). The molecule has 8 nitrogen and oxygen atoms in total. The Morgan fingerprint density at radius 2 is 2.27 bits per heavy atom. The Morgan fingerprint density at radius 3 is 3.00 bits per heavy atom. The van der Waals surface area contributed by atoms with Gasteiger partial charge in [0.1, 0.15) is 18.4 Å². The molecule has 0 aromatic carbocycles. The van der Waals surface area contributed by atoms with Crippen LogP contribution in [0.1, 0.15) is 16.8 Å². The number of aromatic nitrogens is 2. The molecule has 0 saturated heterocycles. The number of aryl methyl sites for hydroxylation is 1. The van der Waals surface area contributed by atoms with E-state index in [1.807, 2.05) is 6.07 Å². The number of hydrogen-bond donors (Lipinski definition) is 1. The Bertz CT molecular complexity index is 1010. The Balaban J connectivity index is 1.56. The summed E-state index contributed by atoms with van der Waals surface area (Å²) < 4.78 is 15.4.